The lowest BCUT2D eigenvalue weighted by Crippen LogP contribution is -2.38. The maximum absolute atomic E-state index is 5.91. The molecule has 0 fully saturated rings. The first-order valence-corrected chi connectivity index (χ1v) is 10.6. The lowest BCUT2D eigenvalue weighted by atomic mass is 10.1. The van der Waals surface area contributed by atoms with E-state index in [1.807, 2.05) is 18.2 Å². The normalized spacial score (nSPS) is 12.2. The Balaban J connectivity index is 0.00000480. The maximum atomic E-state index is 5.91. The van der Waals surface area contributed by atoms with Crippen molar-refractivity contribution >= 4 is 29.9 Å². The number of nitrogens with one attached hydrogen (secondary N) is 2. The number of aliphatic imine (C=N–C) groups is 1. The predicted molar refractivity (Wildman–Crippen MR) is 140 cm³/mol. The fourth-order valence-corrected chi connectivity index (χ4v) is 2.93. The lowest BCUT2D eigenvalue weighted by Gasteiger charge is -2.18. The Morgan fingerprint density at radius 1 is 1.06 bits per heavy atom. The first-order valence-electron chi connectivity index (χ1n) is 10.6. The molecule has 2 aromatic carbocycles. The Morgan fingerprint density at radius 3 is 2.52 bits per heavy atom. The van der Waals surface area contributed by atoms with Crippen molar-refractivity contribution < 1.29 is 9.47 Å². The molecule has 172 valence electrons. The molecule has 31 heavy (non-hydrogen) atoms. The van der Waals surface area contributed by atoms with Crippen molar-refractivity contribution in [2.75, 3.05) is 47.0 Å². The second kappa shape index (κ2) is 15.9. The van der Waals surface area contributed by atoms with E-state index in [4.69, 9.17) is 14.5 Å². The van der Waals surface area contributed by atoms with Crippen LogP contribution in [-0.4, -0.2) is 57.9 Å². The van der Waals surface area contributed by atoms with Crippen molar-refractivity contribution in [1.82, 2.24) is 15.5 Å². The summed E-state index contributed by atoms with van der Waals surface area (Å²) in [5.74, 6) is 1.68. The van der Waals surface area contributed by atoms with Gasteiger partial charge in [0.15, 0.2) is 5.96 Å². The second-order valence-corrected chi connectivity index (χ2v) is 7.26. The number of halogens is 1. The summed E-state index contributed by atoms with van der Waals surface area (Å²) in [7, 11) is 3.79. The SMILES string of the molecule is CCNC(=NCc1cccc(OCCN(C)CCOC)c1)NC(C)c1ccccc1.I. The number of benzene rings is 2. The van der Waals surface area contributed by atoms with E-state index in [9.17, 15) is 0 Å². The molecule has 2 aromatic rings. The average molecular weight is 540 g/mol. The number of hydrogen-bond donors (Lipinski definition) is 2. The van der Waals surface area contributed by atoms with Gasteiger partial charge in [-0.05, 0) is 44.2 Å². The molecular formula is C24H37IN4O2. The van der Waals surface area contributed by atoms with Crippen molar-refractivity contribution in [2.24, 2.45) is 4.99 Å². The number of hydrogen-bond acceptors (Lipinski definition) is 4. The molecule has 6 nitrogen and oxygen atoms in total. The zero-order valence-corrected chi connectivity index (χ0v) is 21.5. The van der Waals surface area contributed by atoms with Crippen LogP contribution in [0.15, 0.2) is 59.6 Å². The number of methoxy groups -OCH3 is 1. The topological polar surface area (TPSA) is 58.1 Å². The molecule has 2 N–H and O–H groups in total. The predicted octanol–water partition coefficient (Wildman–Crippen LogP) is 4.08. The minimum atomic E-state index is 0. The zero-order valence-electron chi connectivity index (χ0n) is 19.1. The van der Waals surface area contributed by atoms with Crippen LogP contribution in [-0.2, 0) is 11.3 Å². The van der Waals surface area contributed by atoms with E-state index in [1.165, 1.54) is 5.56 Å². The molecule has 0 aromatic heterocycles. The fourth-order valence-electron chi connectivity index (χ4n) is 2.93. The van der Waals surface area contributed by atoms with Gasteiger partial charge in [-0.1, -0.05) is 42.5 Å². The highest BCUT2D eigenvalue weighted by Gasteiger charge is 2.07. The summed E-state index contributed by atoms with van der Waals surface area (Å²) in [5.41, 5.74) is 2.35. The molecule has 0 aliphatic carbocycles. The van der Waals surface area contributed by atoms with E-state index in [-0.39, 0.29) is 30.0 Å². The van der Waals surface area contributed by atoms with Crippen molar-refractivity contribution in [3.63, 3.8) is 0 Å². The van der Waals surface area contributed by atoms with E-state index in [2.05, 4.69) is 72.8 Å². The number of ether oxygens (including phenoxy) is 2. The van der Waals surface area contributed by atoms with Crippen LogP contribution in [0.3, 0.4) is 0 Å². The summed E-state index contributed by atoms with van der Waals surface area (Å²) in [4.78, 5) is 6.94. The summed E-state index contributed by atoms with van der Waals surface area (Å²) < 4.78 is 11.0. The third-order valence-corrected chi connectivity index (χ3v) is 4.73. The van der Waals surface area contributed by atoms with Gasteiger partial charge >= 0.3 is 0 Å². The number of nitrogens with zero attached hydrogens (tertiary/aromatic N) is 2. The van der Waals surface area contributed by atoms with Crippen molar-refractivity contribution in [2.45, 2.75) is 26.4 Å². The van der Waals surface area contributed by atoms with Gasteiger partial charge in [-0.2, -0.15) is 0 Å². The van der Waals surface area contributed by atoms with E-state index in [0.717, 1.165) is 43.5 Å². The van der Waals surface area contributed by atoms with Crippen LogP contribution in [0, 0.1) is 0 Å². The highest BCUT2D eigenvalue weighted by Crippen LogP contribution is 2.15. The Hall–Kier alpha value is -1.84. The quantitative estimate of drug-likeness (QED) is 0.242. The summed E-state index contributed by atoms with van der Waals surface area (Å²) in [6, 6.07) is 18.7. The summed E-state index contributed by atoms with van der Waals surface area (Å²) >= 11 is 0. The smallest absolute Gasteiger partial charge is 0.192 e. The molecule has 7 heteroatoms. The van der Waals surface area contributed by atoms with Gasteiger partial charge in [0.05, 0.1) is 19.2 Å². The molecule has 0 saturated heterocycles. The van der Waals surface area contributed by atoms with Gasteiger partial charge in [-0.3, -0.25) is 0 Å². The molecule has 0 radical (unpaired) electrons. The van der Waals surface area contributed by atoms with Gasteiger partial charge in [-0.25, -0.2) is 4.99 Å². The van der Waals surface area contributed by atoms with Crippen molar-refractivity contribution in [1.29, 1.82) is 0 Å². The summed E-state index contributed by atoms with van der Waals surface area (Å²) in [6.07, 6.45) is 0. The Labute approximate surface area is 204 Å². The standard InChI is InChI=1S/C24H36N4O2.HI/c1-5-25-24(27-20(2)22-11-7-6-8-12-22)26-19-21-10-9-13-23(18-21)30-17-15-28(3)14-16-29-4;/h6-13,18,20H,5,14-17,19H2,1-4H3,(H2,25,26,27);1H. The first-order chi connectivity index (χ1) is 14.6. The van der Waals surface area contributed by atoms with E-state index in [1.54, 1.807) is 7.11 Å². The molecule has 0 amide bonds. The molecule has 0 saturated carbocycles. The monoisotopic (exact) mass is 540 g/mol. The lowest BCUT2D eigenvalue weighted by molar-refractivity contribution is 0.150. The highest BCUT2D eigenvalue weighted by atomic mass is 127. The maximum Gasteiger partial charge on any atom is 0.192 e. The van der Waals surface area contributed by atoms with Crippen LogP contribution < -0.4 is 15.4 Å². The molecule has 0 spiro atoms. The van der Waals surface area contributed by atoms with Gasteiger partial charge in [0.1, 0.15) is 12.4 Å². The van der Waals surface area contributed by atoms with Crippen LogP contribution in [0.2, 0.25) is 0 Å². The van der Waals surface area contributed by atoms with E-state index in [0.29, 0.717) is 13.2 Å². The summed E-state index contributed by atoms with van der Waals surface area (Å²) in [5, 5.41) is 6.80. The summed E-state index contributed by atoms with van der Waals surface area (Å²) in [6.45, 7) is 8.74. The van der Waals surface area contributed by atoms with E-state index < -0.39 is 0 Å². The van der Waals surface area contributed by atoms with Gasteiger partial charge in [-0.15, -0.1) is 24.0 Å². The third-order valence-electron chi connectivity index (χ3n) is 4.73. The first kappa shape index (κ1) is 27.2. The Bertz CT molecular complexity index is 758. The minimum absolute atomic E-state index is 0. The largest absolute Gasteiger partial charge is 0.492 e. The number of rotatable bonds is 12. The van der Waals surface area contributed by atoms with Gasteiger partial charge in [0.25, 0.3) is 0 Å². The van der Waals surface area contributed by atoms with Gasteiger partial charge in [0.2, 0.25) is 0 Å². The van der Waals surface area contributed by atoms with E-state index >= 15 is 0 Å². The molecule has 1 unspecified atom stereocenters. The minimum Gasteiger partial charge on any atom is -0.492 e. The zero-order chi connectivity index (χ0) is 21.6. The number of likely N-dealkylation sites (N-methyl/N-ethyl adjacent to an activating group) is 1. The average Bonchev–Trinajstić information content (AvgIpc) is 2.77. The molecule has 0 aliphatic rings. The molecular weight excluding hydrogens is 503 g/mol. The molecule has 0 bridgehead atoms. The molecule has 1 atom stereocenters. The molecule has 2 rings (SSSR count). The van der Waals surface area contributed by atoms with Gasteiger partial charge in [0, 0.05) is 26.7 Å². The van der Waals surface area contributed by atoms with Crippen LogP contribution in [0.4, 0.5) is 0 Å². The third kappa shape index (κ3) is 10.8. The molecule has 0 heterocycles. The van der Waals surface area contributed by atoms with Crippen molar-refractivity contribution in [3.8, 4) is 5.75 Å². The highest BCUT2D eigenvalue weighted by molar-refractivity contribution is 14.0. The van der Waals surface area contributed by atoms with Crippen LogP contribution in [0.1, 0.15) is 31.0 Å². The van der Waals surface area contributed by atoms with Crippen LogP contribution in [0.5, 0.6) is 5.75 Å². The van der Waals surface area contributed by atoms with Crippen LogP contribution in [0.25, 0.3) is 0 Å². The van der Waals surface area contributed by atoms with Gasteiger partial charge < -0.3 is 25.0 Å². The fraction of sp³-hybridized carbons (Fsp3) is 0.458. The van der Waals surface area contributed by atoms with Crippen LogP contribution >= 0.6 is 24.0 Å². The second-order valence-electron chi connectivity index (χ2n) is 7.26. The Morgan fingerprint density at radius 2 is 1.81 bits per heavy atom. The number of guanidine groups is 1. The molecule has 0 aliphatic heterocycles. The Kier molecular flexibility index (Phi) is 13.9. The van der Waals surface area contributed by atoms with Crippen molar-refractivity contribution in [3.05, 3.63) is 65.7 Å².